The van der Waals surface area contributed by atoms with Crippen LogP contribution < -0.4 is 16.4 Å². The number of anilines is 2. The van der Waals surface area contributed by atoms with Crippen LogP contribution in [-0.4, -0.2) is 11.4 Å². The lowest BCUT2D eigenvalue weighted by Gasteiger charge is -2.23. The second-order valence-corrected chi connectivity index (χ2v) is 6.56. The third-order valence-electron chi connectivity index (χ3n) is 3.84. The summed E-state index contributed by atoms with van der Waals surface area (Å²) in [7, 11) is 0. The number of nitrogens with two attached hydrogens (primary N) is 1. The molecule has 2 aromatic rings. The molecular weight excluding hydrogens is 322 g/mol. The quantitative estimate of drug-likeness (QED) is 0.696. The first kappa shape index (κ1) is 18.3. The largest absolute Gasteiger partial charge is 0.380 e. The molecule has 0 heterocycles. The number of halogens is 1. The van der Waals surface area contributed by atoms with Gasteiger partial charge in [0.15, 0.2) is 0 Å². The van der Waals surface area contributed by atoms with E-state index >= 15 is 0 Å². The van der Waals surface area contributed by atoms with Crippen molar-refractivity contribution >= 4 is 28.9 Å². The SMILES string of the molecule is CCCC(C)(N)C(=O)Nc1ccc(NCc2ccccc2)c(Cl)c1. The van der Waals surface area contributed by atoms with Gasteiger partial charge in [0.25, 0.3) is 0 Å². The molecule has 0 spiro atoms. The van der Waals surface area contributed by atoms with E-state index in [9.17, 15) is 4.79 Å². The number of rotatable bonds is 7. The molecule has 2 aromatic carbocycles. The van der Waals surface area contributed by atoms with Gasteiger partial charge < -0.3 is 16.4 Å². The van der Waals surface area contributed by atoms with Gasteiger partial charge in [0.1, 0.15) is 0 Å². The lowest BCUT2D eigenvalue weighted by molar-refractivity contribution is -0.120. The highest BCUT2D eigenvalue weighted by molar-refractivity contribution is 6.33. The zero-order chi connectivity index (χ0) is 17.6. The van der Waals surface area contributed by atoms with Gasteiger partial charge in [0.05, 0.1) is 16.2 Å². The summed E-state index contributed by atoms with van der Waals surface area (Å²) < 4.78 is 0. The fourth-order valence-corrected chi connectivity index (χ4v) is 2.68. The zero-order valence-electron chi connectivity index (χ0n) is 14.1. The van der Waals surface area contributed by atoms with Crippen LogP contribution in [0.4, 0.5) is 11.4 Å². The van der Waals surface area contributed by atoms with Crippen molar-refractivity contribution in [2.75, 3.05) is 10.6 Å². The Morgan fingerprint density at radius 3 is 2.54 bits per heavy atom. The monoisotopic (exact) mass is 345 g/mol. The predicted octanol–water partition coefficient (Wildman–Crippen LogP) is 4.41. The van der Waals surface area contributed by atoms with Crippen LogP contribution in [0.3, 0.4) is 0 Å². The van der Waals surface area contributed by atoms with Crippen LogP contribution in [0.2, 0.25) is 5.02 Å². The Kier molecular flexibility index (Phi) is 6.23. The highest BCUT2D eigenvalue weighted by Crippen LogP contribution is 2.26. The van der Waals surface area contributed by atoms with Crippen LogP contribution in [0.25, 0.3) is 0 Å². The highest BCUT2D eigenvalue weighted by Gasteiger charge is 2.27. The van der Waals surface area contributed by atoms with E-state index in [0.717, 1.165) is 12.1 Å². The molecule has 0 radical (unpaired) electrons. The van der Waals surface area contributed by atoms with Gasteiger partial charge >= 0.3 is 0 Å². The number of benzene rings is 2. The molecule has 0 saturated carbocycles. The second kappa shape index (κ2) is 8.18. The van der Waals surface area contributed by atoms with Crippen molar-refractivity contribution in [2.45, 2.75) is 38.8 Å². The summed E-state index contributed by atoms with van der Waals surface area (Å²) in [4.78, 5) is 12.2. The molecule has 4 N–H and O–H groups in total. The van der Waals surface area contributed by atoms with Crippen LogP contribution in [0.5, 0.6) is 0 Å². The molecule has 4 nitrogen and oxygen atoms in total. The van der Waals surface area contributed by atoms with E-state index in [-0.39, 0.29) is 5.91 Å². The molecule has 0 saturated heterocycles. The molecule has 0 aliphatic heterocycles. The molecule has 0 bridgehead atoms. The topological polar surface area (TPSA) is 67.2 Å². The summed E-state index contributed by atoms with van der Waals surface area (Å²) in [5, 5.41) is 6.68. The van der Waals surface area contributed by atoms with E-state index in [1.165, 1.54) is 5.56 Å². The first-order valence-electron chi connectivity index (χ1n) is 8.10. The first-order chi connectivity index (χ1) is 11.4. The van der Waals surface area contributed by atoms with E-state index in [1.54, 1.807) is 13.0 Å². The summed E-state index contributed by atoms with van der Waals surface area (Å²) in [6.07, 6.45) is 1.48. The lowest BCUT2D eigenvalue weighted by Crippen LogP contribution is -2.48. The summed E-state index contributed by atoms with van der Waals surface area (Å²) >= 11 is 6.31. The predicted molar refractivity (Wildman–Crippen MR) is 101 cm³/mol. The molecular formula is C19H24ClN3O. The molecule has 0 aliphatic carbocycles. The van der Waals surface area contributed by atoms with E-state index in [1.807, 2.05) is 49.4 Å². The van der Waals surface area contributed by atoms with Gasteiger partial charge in [-0.1, -0.05) is 55.3 Å². The van der Waals surface area contributed by atoms with E-state index in [0.29, 0.717) is 23.7 Å². The van der Waals surface area contributed by atoms with Crippen molar-refractivity contribution in [3.63, 3.8) is 0 Å². The van der Waals surface area contributed by atoms with E-state index in [2.05, 4.69) is 10.6 Å². The van der Waals surface area contributed by atoms with Gasteiger partial charge in [0, 0.05) is 12.2 Å². The number of carbonyl (C=O) groups excluding carboxylic acids is 1. The summed E-state index contributed by atoms with van der Waals surface area (Å²) in [6.45, 7) is 4.43. The van der Waals surface area contributed by atoms with Crippen LogP contribution in [0.1, 0.15) is 32.3 Å². The molecule has 24 heavy (non-hydrogen) atoms. The molecule has 1 atom stereocenters. The Morgan fingerprint density at radius 1 is 1.21 bits per heavy atom. The fourth-order valence-electron chi connectivity index (χ4n) is 2.44. The van der Waals surface area contributed by atoms with Crippen molar-refractivity contribution in [1.29, 1.82) is 0 Å². The van der Waals surface area contributed by atoms with Gasteiger partial charge in [-0.3, -0.25) is 4.79 Å². The molecule has 1 unspecified atom stereocenters. The number of hydrogen-bond acceptors (Lipinski definition) is 3. The van der Waals surface area contributed by atoms with Crippen LogP contribution in [0, 0.1) is 0 Å². The van der Waals surface area contributed by atoms with Crippen LogP contribution in [-0.2, 0) is 11.3 Å². The molecule has 0 aliphatic rings. The number of amides is 1. The van der Waals surface area contributed by atoms with Crippen molar-refractivity contribution < 1.29 is 4.79 Å². The van der Waals surface area contributed by atoms with E-state index < -0.39 is 5.54 Å². The molecule has 128 valence electrons. The Labute approximate surface area is 148 Å². The van der Waals surface area contributed by atoms with Gasteiger partial charge in [-0.25, -0.2) is 0 Å². The Bertz CT molecular complexity index is 686. The maximum atomic E-state index is 12.2. The van der Waals surface area contributed by atoms with Crippen molar-refractivity contribution in [1.82, 2.24) is 0 Å². The maximum Gasteiger partial charge on any atom is 0.244 e. The zero-order valence-corrected chi connectivity index (χ0v) is 14.9. The molecule has 1 amide bonds. The summed E-state index contributed by atoms with van der Waals surface area (Å²) in [5.41, 5.74) is 7.79. The third-order valence-corrected chi connectivity index (χ3v) is 4.15. The van der Waals surface area contributed by atoms with Gasteiger partial charge in [0.2, 0.25) is 5.91 Å². The molecule has 2 rings (SSSR count). The van der Waals surface area contributed by atoms with Crippen molar-refractivity contribution in [3.8, 4) is 0 Å². The van der Waals surface area contributed by atoms with Crippen LogP contribution >= 0.6 is 11.6 Å². The first-order valence-corrected chi connectivity index (χ1v) is 8.48. The number of carbonyl (C=O) groups is 1. The molecule has 0 fully saturated rings. The summed E-state index contributed by atoms with van der Waals surface area (Å²) in [6, 6.07) is 15.5. The van der Waals surface area contributed by atoms with Gasteiger partial charge in [-0.15, -0.1) is 0 Å². The Balaban J connectivity index is 2.00. The minimum absolute atomic E-state index is 0.203. The van der Waals surface area contributed by atoms with Gasteiger partial charge in [-0.2, -0.15) is 0 Å². The third kappa shape index (κ3) is 4.98. The average Bonchev–Trinajstić information content (AvgIpc) is 2.55. The smallest absolute Gasteiger partial charge is 0.244 e. The summed E-state index contributed by atoms with van der Waals surface area (Å²) in [5.74, 6) is -0.203. The minimum atomic E-state index is -0.883. The maximum absolute atomic E-state index is 12.2. The lowest BCUT2D eigenvalue weighted by atomic mass is 9.96. The normalized spacial score (nSPS) is 13.2. The van der Waals surface area contributed by atoms with Crippen molar-refractivity contribution in [2.24, 2.45) is 5.73 Å². The van der Waals surface area contributed by atoms with Crippen LogP contribution in [0.15, 0.2) is 48.5 Å². The number of nitrogens with one attached hydrogen (secondary N) is 2. The minimum Gasteiger partial charge on any atom is -0.380 e. The van der Waals surface area contributed by atoms with Gasteiger partial charge in [-0.05, 0) is 37.1 Å². The fraction of sp³-hybridized carbons (Fsp3) is 0.316. The van der Waals surface area contributed by atoms with E-state index in [4.69, 9.17) is 17.3 Å². The highest BCUT2D eigenvalue weighted by atomic mass is 35.5. The Hall–Kier alpha value is -2.04. The molecule has 0 aromatic heterocycles. The second-order valence-electron chi connectivity index (χ2n) is 6.16. The average molecular weight is 346 g/mol. The van der Waals surface area contributed by atoms with Crippen molar-refractivity contribution in [3.05, 3.63) is 59.1 Å². The number of hydrogen-bond donors (Lipinski definition) is 3. The standard InChI is InChI=1S/C19H24ClN3O/c1-3-11-19(2,21)18(24)23-15-9-10-17(16(20)12-15)22-13-14-7-5-4-6-8-14/h4-10,12,22H,3,11,13,21H2,1-2H3,(H,23,24). The Morgan fingerprint density at radius 2 is 1.92 bits per heavy atom. The molecule has 5 heteroatoms.